The highest BCUT2D eigenvalue weighted by molar-refractivity contribution is 6.01. The normalized spacial score (nSPS) is 18.0. The van der Waals surface area contributed by atoms with Crippen LogP contribution in [0.3, 0.4) is 0 Å². The van der Waals surface area contributed by atoms with Crippen LogP contribution in [0, 0.1) is 0 Å². The van der Waals surface area contributed by atoms with Gasteiger partial charge in [-0.05, 0) is 12.5 Å². The molecule has 2 rings (SSSR count). The van der Waals surface area contributed by atoms with E-state index in [1.807, 2.05) is 6.92 Å². The maximum Gasteiger partial charge on any atom is 0.418 e. The van der Waals surface area contributed by atoms with Crippen LogP contribution in [0.5, 0.6) is 0 Å². The van der Waals surface area contributed by atoms with Crippen molar-refractivity contribution >= 4 is 23.4 Å². The third kappa shape index (κ3) is 3.54. The summed E-state index contributed by atoms with van der Waals surface area (Å²) in [7, 11) is 0. The molecule has 1 aromatic rings. The fourth-order valence-electron chi connectivity index (χ4n) is 2.58. The van der Waals surface area contributed by atoms with Crippen molar-refractivity contribution < 1.29 is 22.8 Å². The second-order valence-corrected chi connectivity index (χ2v) is 5.23. The molecule has 1 fully saturated rings. The highest BCUT2D eigenvalue weighted by atomic mass is 19.4. The average Bonchev–Trinajstić information content (AvgIpc) is 2.78. The van der Waals surface area contributed by atoms with Gasteiger partial charge in [-0.1, -0.05) is 13.3 Å². The van der Waals surface area contributed by atoms with E-state index in [4.69, 9.17) is 0 Å². The lowest BCUT2D eigenvalue weighted by Crippen LogP contribution is -2.36. The van der Waals surface area contributed by atoms with Gasteiger partial charge in [-0.15, -0.1) is 0 Å². The molecule has 0 unspecified atom stereocenters. The lowest BCUT2D eigenvalue weighted by Gasteiger charge is -2.27. The molecule has 0 aliphatic carbocycles. The van der Waals surface area contributed by atoms with Gasteiger partial charge in [0.2, 0.25) is 5.91 Å². The molecule has 1 saturated heterocycles. The van der Waals surface area contributed by atoms with E-state index in [0.29, 0.717) is 12.8 Å². The first-order valence-corrected chi connectivity index (χ1v) is 7.16. The summed E-state index contributed by atoms with van der Waals surface area (Å²) in [6, 6.07) is -0.256. The van der Waals surface area contributed by atoms with E-state index >= 15 is 0 Å². The molecule has 0 spiro atoms. The van der Waals surface area contributed by atoms with Crippen LogP contribution < -0.4 is 15.5 Å². The van der Waals surface area contributed by atoms with Crippen molar-refractivity contribution in [1.82, 2.24) is 10.3 Å². The molecule has 23 heavy (non-hydrogen) atoms. The number of anilines is 2. The Hall–Kier alpha value is -2.32. The molecule has 126 valence electrons. The third-order valence-corrected chi connectivity index (χ3v) is 3.46. The number of rotatable bonds is 4. The van der Waals surface area contributed by atoms with E-state index in [9.17, 15) is 22.8 Å². The summed E-state index contributed by atoms with van der Waals surface area (Å²) >= 11 is 0. The van der Waals surface area contributed by atoms with Gasteiger partial charge in [0.05, 0.1) is 11.6 Å². The number of nitrogens with one attached hydrogen (secondary N) is 2. The number of pyridine rings is 1. The number of halogens is 3. The van der Waals surface area contributed by atoms with Crippen LogP contribution in [0.2, 0.25) is 0 Å². The fourth-order valence-corrected chi connectivity index (χ4v) is 2.58. The number of amides is 3. The molecular formula is C14H17F3N4O2. The number of carbonyl (C=O) groups excluding carboxylic acids is 2. The summed E-state index contributed by atoms with van der Waals surface area (Å²) in [5.74, 6) is -0.838. The number of nitrogens with zero attached hydrogens (tertiary/aromatic N) is 2. The number of hydrogen-bond acceptors (Lipinski definition) is 3. The van der Waals surface area contributed by atoms with Crippen molar-refractivity contribution in [3.8, 4) is 0 Å². The highest BCUT2D eigenvalue weighted by Crippen LogP contribution is 2.41. The summed E-state index contributed by atoms with van der Waals surface area (Å²) in [5.41, 5.74) is -1.42. The van der Waals surface area contributed by atoms with Crippen LogP contribution in [0.4, 0.5) is 29.5 Å². The van der Waals surface area contributed by atoms with Gasteiger partial charge in [-0.3, -0.25) is 9.69 Å². The van der Waals surface area contributed by atoms with Crippen LogP contribution in [-0.4, -0.2) is 29.5 Å². The van der Waals surface area contributed by atoms with Crippen LogP contribution >= 0.6 is 0 Å². The Morgan fingerprint density at radius 1 is 1.52 bits per heavy atom. The van der Waals surface area contributed by atoms with Gasteiger partial charge in [-0.2, -0.15) is 13.2 Å². The second-order valence-electron chi connectivity index (χ2n) is 5.23. The van der Waals surface area contributed by atoms with Gasteiger partial charge < -0.3 is 10.6 Å². The van der Waals surface area contributed by atoms with E-state index in [2.05, 4.69) is 15.6 Å². The summed E-state index contributed by atoms with van der Waals surface area (Å²) in [6.45, 7) is 3.29. The Morgan fingerprint density at radius 2 is 2.22 bits per heavy atom. The SMILES string of the molecule is CCC[C@H]1CNC(=O)N1c1c(C(F)(F)F)ccnc1NC(C)=O. The molecule has 0 aromatic carbocycles. The molecule has 0 radical (unpaired) electrons. The van der Waals surface area contributed by atoms with Crippen LogP contribution in [0.25, 0.3) is 0 Å². The van der Waals surface area contributed by atoms with Gasteiger partial charge in [0.1, 0.15) is 5.69 Å². The summed E-state index contributed by atoms with van der Waals surface area (Å²) < 4.78 is 40.1. The average molecular weight is 330 g/mol. The standard InChI is InChI=1S/C14H17F3N4O2/c1-3-4-9-7-19-13(23)21(9)11-10(14(15,16)17)5-6-18-12(11)20-8(2)22/h5-6,9H,3-4,7H2,1-2H3,(H,19,23)(H,18,20,22)/t9-/m0/s1. The maximum atomic E-state index is 13.4. The Bertz CT molecular complexity index is 619. The summed E-state index contributed by atoms with van der Waals surface area (Å²) in [4.78, 5) is 28.2. The smallest absolute Gasteiger partial charge is 0.336 e. The molecule has 1 aromatic heterocycles. The third-order valence-electron chi connectivity index (χ3n) is 3.46. The van der Waals surface area contributed by atoms with E-state index in [0.717, 1.165) is 17.2 Å². The first-order chi connectivity index (χ1) is 10.8. The lowest BCUT2D eigenvalue weighted by atomic mass is 10.1. The van der Waals surface area contributed by atoms with Gasteiger partial charge in [-0.25, -0.2) is 9.78 Å². The van der Waals surface area contributed by atoms with Crippen molar-refractivity contribution in [2.45, 2.75) is 38.9 Å². The minimum absolute atomic E-state index is 0.248. The van der Waals surface area contributed by atoms with Crippen LogP contribution in [0.15, 0.2) is 12.3 Å². The highest BCUT2D eigenvalue weighted by Gasteiger charge is 2.42. The molecule has 1 atom stereocenters. The number of hydrogen-bond donors (Lipinski definition) is 2. The van der Waals surface area contributed by atoms with Gasteiger partial charge in [0.25, 0.3) is 0 Å². The van der Waals surface area contributed by atoms with Crippen molar-refractivity contribution in [1.29, 1.82) is 0 Å². The Balaban J connectivity index is 2.61. The Labute approximate surface area is 131 Å². The zero-order chi connectivity index (χ0) is 17.2. The minimum Gasteiger partial charge on any atom is -0.336 e. The molecule has 9 heteroatoms. The zero-order valence-electron chi connectivity index (χ0n) is 12.7. The van der Waals surface area contributed by atoms with E-state index in [1.165, 1.54) is 6.92 Å². The quantitative estimate of drug-likeness (QED) is 0.891. The van der Waals surface area contributed by atoms with Crippen molar-refractivity contribution in [2.75, 3.05) is 16.8 Å². The van der Waals surface area contributed by atoms with Crippen LogP contribution in [-0.2, 0) is 11.0 Å². The largest absolute Gasteiger partial charge is 0.418 e. The molecule has 6 nitrogen and oxygen atoms in total. The molecule has 1 aliphatic rings. The second kappa shape index (κ2) is 6.43. The number of carbonyl (C=O) groups is 2. The van der Waals surface area contributed by atoms with E-state index in [-0.39, 0.29) is 12.4 Å². The first-order valence-electron chi connectivity index (χ1n) is 7.16. The zero-order valence-corrected chi connectivity index (χ0v) is 12.7. The topological polar surface area (TPSA) is 74.3 Å². The lowest BCUT2D eigenvalue weighted by molar-refractivity contribution is -0.137. The first kappa shape index (κ1) is 17.0. The van der Waals surface area contributed by atoms with Gasteiger partial charge in [0.15, 0.2) is 5.82 Å². The molecule has 3 amide bonds. The maximum absolute atomic E-state index is 13.4. The molecule has 1 aliphatic heterocycles. The van der Waals surface area contributed by atoms with Gasteiger partial charge in [0, 0.05) is 19.7 Å². The van der Waals surface area contributed by atoms with E-state index < -0.39 is 35.4 Å². The van der Waals surface area contributed by atoms with Gasteiger partial charge >= 0.3 is 12.2 Å². The molecule has 2 N–H and O–H groups in total. The van der Waals surface area contributed by atoms with Crippen LogP contribution in [0.1, 0.15) is 32.3 Å². The summed E-state index contributed by atoms with van der Waals surface area (Å²) in [5, 5.41) is 4.82. The Morgan fingerprint density at radius 3 is 2.78 bits per heavy atom. The predicted octanol–water partition coefficient (Wildman–Crippen LogP) is 2.76. The molecule has 0 saturated carbocycles. The monoisotopic (exact) mass is 330 g/mol. The fraction of sp³-hybridized carbons (Fsp3) is 0.500. The molecule has 0 bridgehead atoms. The number of aromatic nitrogens is 1. The number of alkyl halides is 3. The molecule has 2 heterocycles. The van der Waals surface area contributed by atoms with Crippen molar-refractivity contribution in [3.05, 3.63) is 17.8 Å². The Kier molecular flexibility index (Phi) is 4.76. The van der Waals surface area contributed by atoms with E-state index in [1.54, 1.807) is 0 Å². The predicted molar refractivity (Wildman–Crippen MR) is 78.1 cm³/mol. The molecular weight excluding hydrogens is 313 g/mol. The number of urea groups is 1. The minimum atomic E-state index is -4.68. The summed E-state index contributed by atoms with van der Waals surface area (Å²) in [6.07, 6.45) is -2.48. The van der Waals surface area contributed by atoms with Crippen molar-refractivity contribution in [3.63, 3.8) is 0 Å². The van der Waals surface area contributed by atoms with Crippen molar-refractivity contribution in [2.24, 2.45) is 0 Å².